The van der Waals surface area contributed by atoms with Crippen LogP contribution >= 0.6 is 8.53 Å². The number of aromatic nitrogens is 7. The number of aryl methyl sites for hydroxylation is 2. The van der Waals surface area contributed by atoms with Gasteiger partial charge in [0.15, 0.2) is 0 Å². The van der Waals surface area contributed by atoms with E-state index in [0.29, 0.717) is 28.3 Å². The van der Waals surface area contributed by atoms with Gasteiger partial charge >= 0.3 is 11.4 Å². The molecule has 2 aliphatic rings. The Hall–Kier alpha value is -6.56. The first-order valence-corrected chi connectivity index (χ1v) is 24.9. The van der Waals surface area contributed by atoms with Crippen molar-refractivity contribution in [2.75, 3.05) is 27.4 Å². The van der Waals surface area contributed by atoms with Crippen LogP contribution in [0.2, 0.25) is 0 Å². The first-order valence-electron chi connectivity index (χ1n) is 23.8. The SMILES string of the molecule is COc1ccc(C(OC[C@H]2O[C@@H](n3cc(C)c(=O)[nH]c3=O)C[C@@H]2n2cc([C@H]3O[C@@H](n4cc(C)c(=O)[nH]c4=O)C[C@@H]3OP(OCCC#N)N(C(C)C)C(C)C)nn2)(c2ccccc2)c2ccc(OC)cc2)cc1. The Balaban J connectivity index is 1.20. The van der Waals surface area contributed by atoms with E-state index in [1.165, 1.54) is 21.5 Å². The summed E-state index contributed by atoms with van der Waals surface area (Å²) in [6, 6.07) is 26.6. The topological polar surface area (TPSA) is 232 Å². The zero-order valence-electron chi connectivity index (χ0n) is 41.5. The highest BCUT2D eigenvalue weighted by atomic mass is 31.2. The Morgan fingerprint density at radius 1 is 0.778 bits per heavy atom. The number of nitrogens with one attached hydrogen (secondary N) is 2. The van der Waals surface area contributed by atoms with Gasteiger partial charge in [0.25, 0.3) is 19.6 Å². The van der Waals surface area contributed by atoms with Crippen LogP contribution in [0.1, 0.15) is 105 Å². The van der Waals surface area contributed by atoms with Gasteiger partial charge in [-0.1, -0.05) is 59.8 Å². The molecule has 8 rings (SSSR count). The molecule has 0 radical (unpaired) electrons. The van der Waals surface area contributed by atoms with Crippen LogP contribution in [0.25, 0.3) is 0 Å². The molecule has 380 valence electrons. The Morgan fingerprint density at radius 2 is 1.32 bits per heavy atom. The summed E-state index contributed by atoms with van der Waals surface area (Å²) in [5.74, 6) is 1.32. The molecular weight excluding hydrogens is 946 g/mol. The number of aromatic amines is 2. The second-order valence-electron chi connectivity index (χ2n) is 18.3. The zero-order valence-corrected chi connectivity index (χ0v) is 42.4. The number of nitrogens with zero attached hydrogens (tertiary/aromatic N) is 7. The molecule has 2 aliphatic heterocycles. The molecule has 0 saturated carbocycles. The molecule has 0 aliphatic carbocycles. The largest absolute Gasteiger partial charge is 0.497 e. The lowest BCUT2D eigenvalue weighted by Crippen LogP contribution is -2.37. The van der Waals surface area contributed by atoms with Crippen LogP contribution in [0, 0.1) is 25.2 Å². The Bertz CT molecular complexity index is 3020. The summed E-state index contributed by atoms with van der Waals surface area (Å²) < 4.78 is 51.6. The molecule has 5 heterocycles. The lowest BCUT2D eigenvalue weighted by atomic mass is 9.80. The molecule has 0 spiro atoms. The molecule has 0 bridgehead atoms. The second-order valence-corrected chi connectivity index (χ2v) is 19.7. The predicted octanol–water partition coefficient (Wildman–Crippen LogP) is 6.47. The molecule has 6 aromatic rings. The fraction of sp³-hybridized carbons (Fsp3) is 0.431. The van der Waals surface area contributed by atoms with E-state index in [1.54, 1.807) is 38.9 Å². The molecule has 20 nitrogen and oxygen atoms in total. The predicted molar refractivity (Wildman–Crippen MR) is 266 cm³/mol. The number of ether oxygens (including phenoxy) is 5. The molecule has 2 N–H and O–H groups in total. The number of benzene rings is 3. The van der Waals surface area contributed by atoms with Gasteiger partial charge in [-0.05, 0) is 82.5 Å². The maximum absolute atomic E-state index is 13.5. The number of nitriles is 1. The van der Waals surface area contributed by atoms with Crippen molar-refractivity contribution in [1.29, 1.82) is 5.26 Å². The van der Waals surface area contributed by atoms with E-state index in [2.05, 4.69) is 31.0 Å². The van der Waals surface area contributed by atoms with Gasteiger partial charge in [-0.25, -0.2) is 18.9 Å². The van der Waals surface area contributed by atoms with E-state index in [1.807, 2.05) is 107 Å². The molecule has 3 aromatic carbocycles. The summed E-state index contributed by atoms with van der Waals surface area (Å²) in [4.78, 5) is 56.6. The minimum Gasteiger partial charge on any atom is -0.497 e. The van der Waals surface area contributed by atoms with Crippen molar-refractivity contribution >= 4 is 8.53 Å². The minimum atomic E-state index is -1.78. The fourth-order valence-corrected chi connectivity index (χ4v) is 11.1. The molecule has 2 saturated heterocycles. The Labute approximate surface area is 417 Å². The lowest BCUT2D eigenvalue weighted by molar-refractivity contribution is -0.0843. The number of hydrogen-bond acceptors (Lipinski definition) is 15. The highest BCUT2D eigenvalue weighted by Gasteiger charge is 2.47. The van der Waals surface area contributed by atoms with Crippen molar-refractivity contribution in [2.24, 2.45) is 0 Å². The summed E-state index contributed by atoms with van der Waals surface area (Å²) >= 11 is 0. The van der Waals surface area contributed by atoms with Crippen LogP contribution in [-0.4, -0.2) is 90.5 Å². The van der Waals surface area contributed by atoms with Crippen molar-refractivity contribution < 1.29 is 32.7 Å². The standard InChI is InChI=1S/C51H60N9O11P/c1-31(2)60(32(3)4)72(68-24-12-23-52)71-42-26-45(58-28-34(6)48(62)54-50(58)64)70-46(42)40-29-59(56-55-40)41-25-44(57-27-33(5)47(61)53-49(57)63)69-43(41)30-67-51(35-13-10-9-11-14-35,36-15-19-38(65-7)20-16-36)37-17-21-39(66-8)22-18-37/h9-11,13-22,27-29,31-32,41-46H,12,24-26,30H2,1-8H3,(H,53,61,63)(H,54,62,64)/t41-,42-,43+,44+,45+,46+,72?/m0/s1. The quantitative estimate of drug-likeness (QED) is 0.0474. The summed E-state index contributed by atoms with van der Waals surface area (Å²) in [5.41, 5.74) is -0.140. The first-order chi connectivity index (χ1) is 34.6. The minimum absolute atomic E-state index is 0.0108. The molecule has 2 fully saturated rings. The highest BCUT2D eigenvalue weighted by molar-refractivity contribution is 7.44. The van der Waals surface area contributed by atoms with E-state index in [9.17, 15) is 24.4 Å². The molecule has 1 unspecified atom stereocenters. The monoisotopic (exact) mass is 1010 g/mol. The third-order valence-electron chi connectivity index (χ3n) is 12.9. The molecular formula is C51H60N9O11P. The van der Waals surface area contributed by atoms with E-state index >= 15 is 0 Å². The van der Waals surface area contributed by atoms with Crippen molar-refractivity contribution in [1.82, 2.24) is 38.8 Å². The number of hydrogen-bond donors (Lipinski definition) is 2. The smallest absolute Gasteiger partial charge is 0.330 e. The number of H-pyrrole nitrogens is 2. The van der Waals surface area contributed by atoms with Gasteiger partial charge in [0, 0.05) is 48.4 Å². The van der Waals surface area contributed by atoms with E-state index < -0.39 is 73.4 Å². The van der Waals surface area contributed by atoms with Crippen molar-refractivity contribution in [3.8, 4) is 17.6 Å². The maximum Gasteiger partial charge on any atom is 0.330 e. The molecule has 0 amide bonds. The summed E-state index contributed by atoms with van der Waals surface area (Å²) in [5, 5.41) is 18.7. The average Bonchev–Trinajstić information content (AvgIpc) is 4.14. The number of methoxy groups -OCH3 is 2. The first kappa shape index (κ1) is 51.8. The van der Waals surface area contributed by atoms with Crippen molar-refractivity contribution in [2.45, 2.75) is 115 Å². The molecule has 21 heteroatoms. The van der Waals surface area contributed by atoms with Crippen LogP contribution in [0.4, 0.5) is 0 Å². The third-order valence-corrected chi connectivity index (χ3v) is 15.0. The van der Waals surface area contributed by atoms with Crippen LogP contribution in [0.15, 0.2) is 117 Å². The van der Waals surface area contributed by atoms with Crippen LogP contribution in [0.5, 0.6) is 11.5 Å². The van der Waals surface area contributed by atoms with Gasteiger partial charge < -0.3 is 32.7 Å². The van der Waals surface area contributed by atoms with Gasteiger partial charge in [0.05, 0.1) is 52.2 Å². The van der Waals surface area contributed by atoms with Crippen LogP contribution in [-0.2, 0) is 28.9 Å². The van der Waals surface area contributed by atoms with Crippen LogP contribution < -0.4 is 32.0 Å². The normalized spacial score (nSPS) is 20.6. The third kappa shape index (κ3) is 10.8. The van der Waals surface area contributed by atoms with E-state index in [0.717, 1.165) is 16.7 Å². The van der Waals surface area contributed by atoms with Crippen molar-refractivity contribution in [3.05, 3.63) is 173 Å². The Morgan fingerprint density at radius 3 is 1.85 bits per heavy atom. The van der Waals surface area contributed by atoms with Gasteiger partial charge in [0.2, 0.25) is 0 Å². The molecule has 72 heavy (non-hydrogen) atoms. The van der Waals surface area contributed by atoms with Crippen LogP contribution in [0.3, 0.4) is 0 Å². The summed E-state index contributed by atoms with van der Waals surface area (Å²) in [6.45, 7) is 11.4. The van der Waals surface area contributed by atoms with Gasteiger partial charge in [-0.15, -0.1) is 5.10 Å². The van der Waals surface area contributed by atoms with E-state index in [-0.39, 0.29) is 44.6 Å². The fourth-order valence-electron chi connectivity index (χ4n) is 9.36. The lowest BCUT2D eigenvalue weighted by Gasteiger charge is -2.37. The Kier molecular flexibility index (Phi) is 16.2. The number of rotatable bonds is 20. The molecule has 7 atom stereocenters. The average molecular weight is 1010 g/mol. The summed E-state index contributed by atoms with van der Waals surface area (Å²) in [6.07, 6.45) is 0.924. The second kappa shape index (κ2) is 22.5. The van der Waals surface area contributed by atoms with Crippen molar-refractivity contribution in [3.63, 3.8) is 0 Å². The van der Waals surface area contributed by atoms with Gasteiger partial charge in [0.1, 0.15) is 53.6 Å². The van der Waals surface area contributed by atoms with Gasteiger partial charge in [-0.2, -0.15) is 5.26 Å². The summed E-state index contributed by atoms with van der Waals surface area (Å²) in [7, 11) is 1.43. The zero-order chi connectivity index (χ0) is 51.3. The highest BCUT2D eigenvalue weighted by Crippen LogP contribution is 2.52. The van der Waals surface area contributed by atoms with Gasteiger partial charge in [-0.3, -0.25) is 28.7 Å². The maximum atomic E-state index is 13.5. The van der Waals surface area contributed by atoms with E-state index in [4.69, 9.17) is 32.7 Å². The molecule has 3 aromatic heterocycles.